The molecule has 1 atom stereocenters. The Labute approximate surface area is 126 Å². The van der Waals surface area contributed by atoms with Crippen molar-refractivity contribution in [3.05, 3.63) is 77.9 Å². The van der Waals surface area contributed by atoms with Crippen LogP contribution >= 0.6 is 0 Å². The molecule has 0 N–H and O–H groups in total. The summed E-state index contributed by atoms with van der Waals surface area (Å²) in [6, 6.07) is 20.6. The maximum absolute atomic E-state index is 12.6. The van der Waals surface area contributed by atoms with Crippen LogP contribution in [0, 0.1) is 5.41 Å². The van der Waals surface area contributed by atoms with Gasteiger partial charge in [0.15, 0.2) is 5.78 Å². The van der Waals surface area contributed by atoms with Crippen LogP contribution < -0.4 is 0 Å². The standard InChI is InChI=1S/C20H20O/c1-20(2)18(16-11-7-4-8-12-16)13-17(14-19(20)21)15-9-5-3-6-10-15/h3-12,14,18H,13H2,1-2H3. The monoisotopic (exact) mass is 276 g/mol. The maximum atomic E-state index is 12.6. The summed E-state index contributed by atoms with van der Waals surface area (Å²) in [5.41, 5.74) is 3.20. The molecule has 0 radical (unpaired) electrons. The molecular formula is C20H20O. The Morgan fingerprint density at radius 2 is 1.48 bits per heavy atom. The Hall–Kier alpha value is -2.15. The number of allylic oxidation sites excluding steroid dienone is 2. The van der Waals surface area contributed by atoms with Gasteiger partial charge in [0.25, 0.3) is 0 Å². The topological polar surface area (TPSA) is 17.1 Å². The molecular weight excluding hydrogens is 256 g/mol. The van der Waals surface area contributed by atoms with Gasteiger partial charge in [0, 0.05) is 11.3 Å². The Kier molecular flexibility index (Phi) is 3.50. The molecule has 0 amide bonds. The summed E-state index contributed by atoms with van der Waals surface area (Å²) in [4.78, 5) is 12.6. The van der Waals surface area contributed by atoms with Crippen molar-refractivity contribution in [3.8, 4) is 0 Å². The molecule has 106 valence electrons. The molecule has 1 aliphatic rings. The van der Waals surface area contributed by atoms with Gasteiger partial charge in [-0.15, -0.1) is 0 Å². The van der Waals surface area contributed by atoms with Gasteiger partial charge in [-0.05, 0) is 29.2 Å². The van der Waals surface area contributed by atoms with E-state index in [4.69, 9.17) is 0 Å². The summed E-state index contributed by atoms with van der Waals surface area (Å²) >= 11 is 0. The molecule has 0 fully saturated rings. The molecule has 0 aromatic heterocycles. The second kappa shape index (κ2) is 5.33. The van der Waals surface area contributed by atoms with Crippen LogP contribution in [0.4, 0.5) is 0 Å². The van der Waals surface area contributed by atoms with E-state index in [0.717, 1.165) is 17.6 Å². The fraction of sp³-hybridized carbons (Fsp3) is 0.250. The average Bonchev–Trinajstić information content (AvgIpc) is 2.51. The normalized spacial score (nSPS) is 21.0. The van der Waals surface area contributed by atoms with Crippen LogP contribution in [-0.2, 0) is 4.79 Å². The van der Waals surface area contributed by atoms with Crippen LogP contribution in [0.5, 0.6) is 0 Å². The van der Waals surface area contributed by atoms with Gasteiger partial charge in [-0.3, -0.25) is 4.79 Å². The zero-order chi connectivity index (χ0) is 14.9. The van der Waals surface area contributed by atoms with Crippen molar-refractivity contribution in [2.75, 3.05) is 0 Å². The summed E-state index contributed by atoms with van der Waals surface area (Å²) in [7, 11) is 0. The predicted octanol–water partition coefficient (Wildman–Crippen LogP) is 4.85. The summed E-state index contributed by atoms with van der Waals surface area (Å²) in [5, 5.41) is 0. The van der Waals surface area contributed by atoms with E-state index >= 15 is 0 Å². The molecule has 2 aromatic rings. The van der Waals surface area contributed by atoms with E-state index in [0.29, 0.717) is 0 Å². The molecule has 0 heterocycles. The van der Waals surface area contributed by atoms with Crippen molar-refractivity contribution in [2.45, 2.75) is 26.2 Å². The van der Waals surface area contributed by atoms with Crippen molar-refractivity contribution in [1.29, 1.82) is 0 Å². The van der Waals surface area contributed by atoms with Crippen LogP contribution in [0.1, 0.15) is 37.3 Å². The molecule has 2 aromatic carbocycles. The number of benzene rings is 2. The number of carbonyl (C=O) groups is 1. The number of hydrogen-bond acceptors (Lipinski definition) is 1. The first-order chi connectivity index (χ1) is 10.1. The lowest BCUT2D eigenvalue weighted by Crippen LogP contribution is -2.33. The molecule has 0 spiro atoms. The third-order valence-electron chi connectivity index (χ3n) is 4.58. The number of rotatable bonds is 2. The van der Waals surface area contributed by atoms with Crippen LogP contribution in [0.3, 0.4) is 0 Å². The summed E-state index contributed by atoms with van der Waals surface area (Å²) < 4.78 is 0. The van der Waals surface area contributed by atoms with Crippen molar-refractivity contribution in [1.82, 2.24) is 0 Å². The average molecular weight is 276 g/mol. The lowest BCUT2D eigenvalue weighted by atomic mass is 9.65. The Bertz CT molecular complexity index is 665. The van der Waals surface area contributed by atoms with Crippen molar-refractivity contribution in [3.63, 3.8) is 0 Å². The van der Waals surface area contributed by atoms with Crippen LogP contribution in [0.15, 0.2) is 66.7 Å². The van der Waals surface area contributed by atoms with E-state index < -0.39 is 0 Å². The third-order valence-corrected chi connectivity index (χ3v) is 4.58. The first-order valence-corrected chi connectivity index (χ1v) is 7.44. The Balaban J connectivity index is 2.03. The SMILES string of the molecule is CC1(C)C(=O)C=C(c2ccccc2)CC1c1ccccc1. The highest BCUT2D eigenvalue weighted by Gasteiger charge is 2.40. The summed E-state index contributed by atoms with van der Waals surface area (Å²) in [6.07, 6.45) is 2.75. The van der Waals surface area contributed by atoms with Gasteiger partial charge in [0.1, 0.15) is 0 Å². The van der Waals surface area contributed by atoms with Crippen LogP contribution in [0.2, 0.25) is 0 Å². The highest BCUT2D eigenvalue weighted by atomic mass is 16.1. The fourth-order valence-corrected chi connectivity index (χ4v) is 3.12. The molecule has 3 rings (SSSR count). The van der Waals surface area contributed by atoms with E-state index in [1.54, 1.807) is 0 Å². The zero-order valence-electron chi connectivity index (χ0n) is 12.5. The zero-order valence-corrected chi connectivity index (χ0v) is 12.5. The molecule has 1 heteroatoms. The Morgan fingerprint density at radius 1 is 0.905 bits per heavy atom. The van der Waals surface area contributed by atoms with Gasteiger partial charge < -0.3 is 0 Å². The van der Waals surface area contributed by atoms with Crippen LogP contribution in [-0.4, -0.2) is 5.78 Å². The second-order valence-corrected chi connectivity index (χ2v) is 6.29. The van der Waals surface area contributed by atoms with E-state index in [-0.39, 0.29) is 17.1 Å². The van der Waals surface area contributed by atoms with Crippen molar-refractivity contribution in [2.24, 2.45) is 5.41 Å². The first kappa shape index (κ1) is 13.8. The predicted molar refractivity (Wildman–Crippen MR) is 87.0 cm³/mol. The van der Waals surface area contributed by atoms with Gasteiger partial charge in [-0.1, -0.05) is 74.5 Å². The molecule has 0 aliphatic heterocycles. The summed E-state index contributed by atoms with van der Waals surface area (Å²) in [6.45, 7) is 4.12. The van der Waals surface area contributed by atoms with Gasteiger partial charge in [0.05, 0.1) is 0 Å². The van der Waals surface area contributed by atoms with Gasteiger partial charge in [-0.2, -0.15) is 0 Å². The smallest absolute Gasteiger partial charge is 0.162 e. The summed E-state index contributed by atoms with van der Waals surface area (Å²) in [5.74, 6) is 0.452. The molecule has 21 heavy (non-hydrogen) atoms. The minimum Gasteiger partial charge on any atom is -0.294 e. The van der Waals surface area contributed by atoms with Crippen molar-refractivity contribution < 1.29 is 4.79 Å². The highest BCUT2D eigenvalue weighted by molar-refractivity contribution is 6.03. The Morgan fingerprint density at radius 3 is 2.10 bits per heavy atom. The fourth-order valence-electron chi connectivity index (χ4n) is 3.12. The quantitative estimate of drug-likeness (QED) is 0.766. The van der Waals surface area contributed by atoms with Crippen molar-refractivity contribution >= 4 is 11.4 Å². The van der Waals surface area contributed by atoms with Crippen LogP contribution in [0.25, 0.3) is 5.57 Å². The van der Waals surface area contributed by atoms with E-state index in [1.165, 1.54) is 5.56 Å². The minimum absolute atomic E-state index is 0.224. The van der Waals surface area contributed by atoms with E-state index in [2.05, 4.69) is 50.2 Å². The van der Waals surface area contributed by atoms with E-state index in [1.807, 2.05) is 30.3 Å². The highest BCUT2D eigenvalue weighted by Crippen LogP contribution is 2.46. The second-order valence-electron chi connectivity index (χ2n) is 6.29. The van der Waals surface area contributed by atoms with Gasteiger partial charge >= 0.3 is 0 Å². The molecule has 1 nitrogen and oxygen atoms in total. The molecule has 0 bridgehead atoms. The first-order valence-electron chi connectivity index (χ1n) is 7.44. The van der Waals surface area contributed by atoms with Gasteiger partial charge in [-0.25, -0.2) is 0 Å². The lowest BCUT2D eigenvalue weighted by Gasteiger charge is -2.37. The molecule has 0 saturated heterocycles. The van der Waals surface area contributed by atoms with E-state index in [9.17, 15) is 4.79 Å². The number of hydrogen-bond donors (Lipinski definition) is 0. The molecule has 1 unspecified atom stereocenters. The molecule has 1 aliphatic carbocycles. The number of carbonyl (C=O) groups excluding carboxylic acids is 1. The molecule has 0 saturated carbocycles. The third kappa shape index (κ3) is 2.56. The maximum Gasteiger partial charge on any atom is 0.162 e. The minimum atomic E-state index is -0.348. The lowest BCUT2D eigenvalue weighted by molar-refractivity contribution is -0.123. The number of ketones is 1. The largest absolute Gasteiger partial charge is 0.294 e. The van der Waals surface area contributed by atoms with Gasteiger partial charge in [0.2, 0.25) is 0 Å².